The highest BCUT2D eigenvalue weighted by atomic mass is 15.1. The summed E-state index contributed by atoms with van der Waals surface area (Å²) in [5, 5.41) is 0. The number of hydrogen-bond acceptors (Lipinski definition) is 1. The van der Waals surface area contributed by atoms with Gasteiger partial charge in [0.2, 0.25) is 0 Å². The molecular formula is C58H41N. The molecule has 0 saturated heterocycles. The standard InChI is InChI=1S/C58H41N/c1-57(2)53-27-15-23-44(40-18-7-4-8-19-40)56(53)49-35-33-42(36-54(49)57)59(41-30-28-39(29-31-41)38-16-5-3-6-17-38)43-32-34-48-47-22-11-14-26-52(47)58(55(48)37-43)50-24-12-9-20-45(50)46-21-10-13-25-51(46)58/h3-37H,1-2H3. The third-order valence-electron chi connectivity index (χ3n) is 13.5. The zero-order chi connectivity index (χ0) is 39.3. The van der Waals surface area contributed by atoms with Gasteiger partial charge in [0.25, 0.3) is 0 Å². The van der Waals surface area contributed by atoms with E-state index >= 15 is 0 Å². The van der Waals surface area contributed by atoms with Crippen LogP contribution in [0.3, 0.4) is 0 Å². The van der Waals surface area contributed by atoms with E-state index in [4.69, 9.17) is 0 Å². The molecule has 0 saturated carbocycles. The summed E-state index contributed by atoms with van der Waals surface area (Å²) in [6.07, 6.45) is 0. The summed E-state index contributed by atoms with van der Waals surface area (Å²) in [6, 6.07) is 79.1. The minimum atomic E-state index is -0.423. The molecule has 3 aliphatic carbocycles. The molecule has 9 aromatic rings. The summed E-state index contributed by atoms with van der Waals surface area (Å²) in [6.45, 7) is 4.78. The van der Waals surface area contributed by atoms with Crippen molar-refractivity contribution in [3.05, 3.63) is 246 Å². The van der Waals surface area contributed by atoms with Crippen LogP contribution in [0.5, 0.6) is 0 Å². The summed E-state index contributed by atoms with van der Waals surface area (Å²) < 4.78 is 0. The number of benzene rings is 9. The Labute approximate surface area is 346 Å². The van der Waals surface area contributed by atoms with E-state index in [0.29, 0.717) is 0 Å². The smallest absolute Gasteiger partial charge is 0.0726 e. The fraction of sp³-hybridized carbons (Fsp3) is 0.0690. The summed E-state index contributed by atoms with van der Waals surface area (Å²) in [7, 11) is 0. The molecule has 0 aliphatic heterocycles. The van der Waals surface area contributed by atoms with Crippen LogP contribution >= 0.6 is 0 Å². The van der Waals surface area contributed by atoms with E-state index in [1.54, 1.807) is 0 Å². The van der Waals surface area contributed by atoms with Crippen molar-refractivity contribution in [3.8, 4) is 55.6 Å². The second kappa shape index (κ2) is 12.6. The van der Waals surface area contributed by atoms with Crippen molar-refractivity contribution in [1.29, 1.82) is 0 Å². The molecule has 0 aromatic heterocycles. The molecule has 1 nitrogen and oxygen atoms in total. The molecule has 278 valence electrons. The van der Waals surface area contributed by atoms with Crippen LogP contribution in [0.2, 0.25) is 0 Å². The van der Waals surface area contributed by atoms with Gasteiger partial charge in [-0.25, -0.2) is 0 Å². The first-order chi connectivity index (χ1) is 29.0. The maximum atomic E-state index is 2.50. The fourth-order valence-corrected chi connectivity index (χ4v) is 10.9. The molecule has 0 bridgehead atoms. The van der Waals surface area contributed by atoms with Crippen molar-refractivity contribution in [2.75, 3.05) is 4.90 Å². The molecule has 3 aliphatic rings. The minimum Gasteiger partial charge on any atom is -0.310 e. The van der Waals surface area contributed by atoms with Crippen LogP contribution in [0.1, 0.15) is 47.2 Å². The van der Waals surface area contributed by atoms with Crippen LogP contribution in [0.4, 0.5) is 17.1 Å². The van der Waals surface area contributed by atoms with Gasteiger partial charge in [0.15, 0.2) is 0 Å². The third-order valence-corrected chi connectivity index (χ3v) is 13.5. The topological polar surface area (TPSA) is 3.24 Å². The highest BCUT2D eigenvalue weighted by Crippen LogP contribution is 2.63. The van der Waals surface area contributed by atoms with Crippen LogP contribution in [-0.2, 0) is 10.8 Å². The highest BCUT2D eigenvalue weighted by molar-refractivity contribution is 5.97. The highest BCUT2D eigenvalue weighted by Gasteiger charge is 2.51. The van der Waals surface area contributed by atoms with E-state index in [0.717, 1.165) is 17.1 Å². The molecule has 1 heteroatoms. The van der Waals surface area contributed by atoms with Crippen LogP contribution < -0.4 is 4.90 Å². The Morgan fingerprint density at radius 3 is 1.31 bits per heavy atom. The zero-order valence-corrected chi connectivity index (χ0v) is 33.2. The summed E-state index contributed by atoms with van der Waals surface area (Å²) in [5.41, 5.74) is 23.8. The Kier molecular flexibility index (Phi) is 7.26. The SMILES string of the molecule is CC1(C)c2cc(N(c3ccc(-c4ccccc4)cc3)c3ccc4c(c3)C3(c5ccccc5-c5ccccc53)c3ccccc3-4)ccc2-c2c(-c3ccccc3)cccc21. The van der Waals surface area contributed by atoms with E-state index in [1.165, 1.54) is 89.0 Å². The Hall–Kier alpha value is -7.22. The number of fused-ring (bicyclic) bond motifs is 13. The molecular weight excluding hydrogens is 711 g/mol. The summed E-state index contributed by atoms with van der Waals surface area (Å²) in [4.78, 5) is 2.48. The van der Waals surface area contributed by atoms with E-state index in [9.17, 15) is 0 Å². The lowest BCUT2D eigenvalue weighted by Gasteiger charge is -2.32. The summed E-state index contributed by atoms with van der Waals surface area (Å²) >= 11 is 0. The lowest BCUT2D eigenvalue weighted by molar-refractivity contribution is 0.660. The van der Waals surface area contributed by atoms with Crippen LogP contribution in [0.15, 0.2) is 212 Å². The van der Waals surface area contributed by atoms with E-state index in [-0.39, 0.29) is 5.41 Å². The van der Waals surface area contributed by atoms with Gasteiger partial charge < -0.3 is 4.90 Å². The maximum Gasteiger partial charge on any atom is 0.0726 e. The first-order valence-corrected chi connectivity index (χ1v) is 20.8. The largest absolute Gasteiger partial charge is 0.310 e. The zero-order valence-electron chi connectivity index (χ0n) is 33.2. The maximum absolute atomic E-state index is 2.50. The van der Waals surface area contributed by atoms with Gasteiger partial charge in [0.05, 0.1) is 5.41 Å². The van der Waals surface area contributed by atoms with Crippen LogP contribution in [-0.4, -0.2) is 0 Å². The molecule has 0 unspecified atom stereocenters. The third kappa shape index (κ3) is 4.73. The molecule has 0 radical (unpaired) electrons. The van der Waals surface area contributed by atoms with Gasteiger partial charge in [-0.05, 0) is 125 Å². The average molecular weight is 752 g/mol. The van der Waals surface area contributed by atoms with Crippen molar-refractivity contribution >= 4 is 17.1 Å². The Balaban J connectivity index is 1.08. The Bertz CT molecular complexity index is 3050. The molecule has 59 heavy (non-hydrogen) atoms. The number of nitrogens with zero attached hydrogens (tertiary/aromatic N) is 1. The molecule has 12 rings (SSSR count). The quantitative estimate of drug-likeness (QED) is 0.169. The molecule has 1 spiro atoms. The number of rotatable bonds is 5. The van der Waals surface area contributed by atoms with Crippen LogP contribution in [0, 0.1) is 0 Å². The fourth-order valence-electron chi connectivity index (χ4n) is 10.9. The second-order valence-corrected chi connectivity index (χ2v) is 16.8. The number of hydrogen-bond donors (Lipinski definition) is 0. The van der Waals surface area contributed by atoms with E-state index in [1.807, 2.05) is 0 Å². The predicted octanol–water partition coefficient (Wildman–Crippen LogP) is 15.1. The monoisotopic (exact) mass is 751 g/mol. The minimum absolute atomic E-state index is 0.185. The molecule has 0 heterocycles. The van der Waals surface area contributed by atoms with Gasteiger partial charge in [0, 0.05) is 22.5 Å². The van der Waals surface area contributed by atoms with Gasteiger partial charge in [-0.1, -0.05) is 190 Å². The van der Waals surface area contributed by atoms with Gasteiger partial charge in [-0.3, -0.25) is 0 Å². The lowest BCUT2D eigenvalue weighted by Crippen LogP contribution is -2.26. The Morgan fingerprint density at radius 2 is 0.712 bits per heavy atom. The molecule has 9 aromatic carbocycles. The van der Waals surface area contributed by atoms with Crippen molar-refractivity contribution in [2.45, 2.75) is 24.7 Å². The van der Waals surface area contributed by atoms with Crippen molar-refractivity contribution in [3.63, 3.8) is 0 Å². The van der Waals surface area contributed by atoms with Gasteiger partial charge in [0.1, 0.15) is 0 Å². The van der Waals surface area contributed by atoms with Gasteiger partial charge in [-0.15, -0.1) is 0 Å². The first-order valence-electron chi connectivity index (χ1n) is 20.8. The lowest BCUT2D eigenvalue weighted by atomic mass is 9.70. The number of anilines is 3. The van der Waals surface area contributed by atoms with Crippen molar-refractivity contribution in [2.24, 2.45) is 0 Å². The predicted molar refractivity (Wildman–Crippen MR) is 246 cm³/mol. The van der Waals surface area contributed by atoms with Crippen LogP contribution in [0.25, 0.3) is 55.6 Å². The second-order valence-electron chi connectivity index (χ2n) is 16.8. The van der Waals surface area contributed by atoms with Gasteiger partial charge in [-0.2, -0.15) is 0 Å². The average Bonchev–Trinajstić information content (AvgIpc) is 3.85. The molecule has 0 fully saturated rings. The van der Waals surface area contributed by atoms with E-state index in [2.05, 4.69) is 231 Å². The Morgan fingerprint density at radius 1 is 0.288 bits per heavy atom. The molecule has 0 N–H and O–H groups in total. The normalized spacial score (nSPS) is 14.2. The van der Waals surface area contributed by atoms with Crippen molar-refractivity contribution < 1.29 is 0 Å². The van der Waals surface area contributed by atoms with Crippen molar-refractivity contribution in [1.82, 2.24) is 0 Å². The molecule has 0 atom stereocenters. The molecule has 0 amide bonds. The first kappa shape index (κ1) is 33.9. The van der Waals surface area contributed by atoms with E-state index < -0.39 is 5.41 Å². The summed E-state index contributed by atoms with van der Waals surface area (Å²) in [5.74, 6) is 0. The van der Waals surface area contributed by atoms with Gasteiger partial charge >= 0.3 is 0 Å².